The van der Waals surface area contributed by atoms with Gasteiger partial charge in [0.1, 0.15) is 0 Å². The minimum atomic E-state index is -1.16. The van der Waals surface area contributed by atoms with Crippen molar-refractivity contribution < 1.29 is 33.4 Å². The lowest BCUT2D eigenvalue weighted by Crippen LogP contribution is -2.64. The lowest BCUT2D eigenvalue weighted by molar-refractivity contribution is -0.176. The number of likely N-dealkylation sites (tertiary alicyclic amines) is 1. The van der Waals surface area contributed by atoms with Gasteiger partial charge in [-0.15, -0.1) is 6.58 Å². The molecule has 0 aromatic heterocycles. The second-order valence-electron chi connectivity index (χ2n) is 20.1. The molecule has 0 bridgehead atoms. The van der Waals surface area contributed by atoms with Crippen LogP contribution in [0.2, 0.25) is 0 Å². The number of carbonyl (C=O) groups is 3. The van der Waals surface area contributed by atoms with E-state index in [2.05, 4.69) is 56.6 Å². The van der Waals surface area contributed by atoms with Gasteiger partial charge in [-0.2, -0.15) is 0 Å². The maximum absolute atomic E-state index is 13.4. The van der Waals surface area contributed by atoms with Gasteiger partial charge in [0.05, 0.1) is 19.9 Å². The van der Waals surface area contributed by atoms with Crippen LogP contribution in [0.15, 0.2) is 36.0 Å². The number of ether oxygens (including phenoxy) is 2. The summed E-state index contributed by atoms with van der Waals surface area (Å²) in [5, 5.41) is 11.1. The monoisotopic (exact) mass is 811 g/mol. The largest absolute Gasteiger partial charge is 0.483 e. The van der Waals surface area contributed by atoms with Gasteiger partial charge >= 0.3 is 11.9 Å². The molecule has 8 nitrogen and oxygen atoms in total. The second kappa shape index (κ2) is 19.5. The van der Waals surface area contributed by atoms with Gasteiger partial charge in [-0.3, -0.25) is 18.8 Å². The lowest BCUT2D eigenvalue weighted by Gasteiger charge is -2.68. The molecule has 1 aliphatic heterocycles. The highest BCUT2D eigenvalue weighted by Crippen LogP contribution is 2.72. The van der Waals surface area contributed by atoms with E-state index in [9.17, 15) is 14.0 Å². The van der Waals surface area contributed by atoms with E-state index >= 15 is 0 Å². The van der Waals surface area contributed by atoms with Crippen LogP contribution < -0.4 is 5.32 Å². The molecule has 1 heterocycles. The molecule has 4 saturated carbocycles. The van der Waals surface area contributed by atoms with E-state index in [0.29, 0.717) is 42.7 Å². The van der Waals surface area contributed by atoms with Crippen LogP contribution in [0.3, 0.4) is 0 Å². The number of nitrogens with zero attached hydrogens (tertiary/aromatic N) is 1. The number of nitrogens with one attached hydrogen (secondary N) is 1. The van der Waals surface area contributed by atoms with Crippen LogP contribution >= 0.6 is 0 Å². The molecule has 328 valence electrons. The maximum atomic E-state index is 13.4. The number of alkyl halides is 1. The van der Waals surface area contributed by atoms with Gasteiger partial charge in [0, 0.05) is 18.6 Å². The zero-order chi connectivity index (χ0) is 42.4. The quantitative estimate of drug-likeness (QED) is 0.0973. The highest BCUT2D eigenvalue weighted by molar-refractivity contribution is 6.00. The van der Waals surface area contributed by atoms with Gasteiger partial charge in [-0.25, -0.2) is 0 Å². The van der Waals surface area contributed by atoms with Crippen molar-refractivity contribution in [3.8, 4) is 0 Å². The fourth-order valence-corrected chi connectivity index (χ4v) is 14.6. The summed E-state index contributed by atoms with van der Waals surface area (Å²) in [6, 6.07) is 0. The van der Waals surface area contributed by atoms with Gasteiger partial charge in [-0.05, 0) is 187 Å². The minimum absolute atomic E-state index is 0.171. The Morgan fingerprint density at radius 2 is 1.55 bits per heavy atom. The molecule has 5 fully saturated rings. The number of esters is 2. The zero-order valence-electron chi connectivity index (χ0n) is 37.4. The first-order valence-electron chi connectivity index (χ1n) is 23.1. The van der Waals surface area contributed by atoms with Crippen molar-refractivity contribution in [1.82, 2.24) is 10.2 Å². The zero-order valence-corrected chi connectivity index (χ0v) is 37.4. The molecule has 7 aliphatic rings. The number of piperidine rings is 1. The van der Waals surface area contributed by atoms with Gasteiger partial charge in [-0.1, -0.05) is 52.3 Å². The Bertz CT molecular complexity index is 1480. The first-order valence-corrected chi connectivity index (χ1v) is 23.1. The predicted octanol–water partition coefficient (Wildman–Crippen LogP) is 10.1. The molecule has 58 heavy (non-hydrogen) atoms. The van der Waals surface area contributed by atoms with Crippen LogP contribution in [-0.4, -0.2) is 80.0 Å². The Kier molecular flexibility index (Phi) is 15.6. The van der Waals surface area contributed by atoms with Crippen LogP contribution in [0.1, 0.15) is 145 Å². The molecule has 0 aromatic rings. The molecule has 6 aliphatic carbocycles. The Labute approximate surface area is 350 Å². The first-order chi connectivity index (χ1) is 27.7. The van der Waals surface area contributed by atoms with Crippen molar-refractivity contribution in [2.24, 2.45) is 57.2 Å². The average molecular weight is 811 g/mol. The van der Waals surface area contributed by atoms with Crippen molar-refractivity contribution in [1.29, 1.82) is 0 Å². The summed E-state index contributed by atoms with van der Waals surface area (Å²) in [4.78, 5) is 36.7. The molecular weight excluding hydrogens is 732 g/mol. The molecule has 0 amide bonds. The summed E-state index contributed by atoms with van der Waals surface area (Å²) in [5.41, 5.74) is 3.18. The number of halogens is 1. The Morgan fingerprint density at radius 1 is 0.897 bits per heavy atom. The number of carboxylic acid groups (broad SMARTS) is 1. The third-order valence-electron chi connectivity index (χ3n) is 17.1. The van der Waals surface area contributed by atoms with Gasteiger partial charge in [0.15, 0.2) is 5.41 Å². The van der Waals surface area contributed by atoms with Gasteiger partial charge in [0.25, 0.3) is 6.47 Å². The molecule has 0 spiro atoms. The van der Waals surface area contributed by atoms with Gasteiger partial charge in [0.2, 0.25) is 0 Å². The van der Waals surface area contributed by atoms with Crippen molar-refractivity contribution in [2.75, 3.05) is 46.1 Å². The van der Waals surface area contributed by atoms with Crippen molar-refractivity contribution in [3.63, 3.8) is 0 Å². The molecule has 9 heteroatoms. The van der Waals surface area contributed by atoms with Gasteiger partial charge < -0.3 is 24.8 Å². The molecule has 9 unspecified atom stereocenters. The summed E-state index contributed by atoms with van der Waals surface area (Å²) >= 11 is 0. The van der Waals surface area contributed by atoms with E-state index in [1.54, 1.807) is 25.5 Å². The Balaban J connectivity index is 0.00000101. The normalized spacial score (nSPS) is 37.2. The molecule has 0 aromatic carbocycles. The van der Waals surface area contributed by atoms with E-state index in [0.717, 1.165) is 56.0 Å². The molecule has 9 atom stereocenters. The second-order valence-corrected chi connectivity index (χ2v) is 20.1. The van der Waals surface area contributed by atoms with E-state index in [-0.39, 0.29) is 43.2 Å². The van der Waals surface area contributed by atoms with E-state index in [1.165, 1.54) is 69.8 Å². The van der Waals surface area contributed by atoms with E-state index in [1.807, 2.05) is 6.92 Å². The van der Waals surface area contributed by atoms with Crippen molar-refractivity contribution in [3.05, 3.63) is 36.0 Å². The fraction of sp³-hybridized carbons (Fsp3) is 0.816. The van der Waals surface area contributed by atoms with Crippen molar-refractivity contribution in [2.45, 2.75) is 150 Å². The summed E-state index contributed by atoms with van der Waals surface area (Å²) in [6.07, 6.45) is 24.1. The maximum Gasteiger partial charge on any atom is 0.323 e. The van der Waals surface area contributed by atoms with Crippen LogP contribution in [0.5, 0.6) is 0 Å². The van der Waals surface area contributed by atoms with Crippen molar-refractivity contribution >= 4 is 18.4 Å². The van der Waals surface area contributed by atoms with Crippen LogP contribution in [0.25, 0.3) is 0 Å². The smallest absolute Gasteiger partial charge is 0.323 e. The summed E-state index contributed by atoms with van der Waals surface area (Å²) in [7, 11) is 0. The molecule has 0 radical (unpaired) electrons. The SMILES string of the molecule is C=CC.CCOC(=O)C1(C(=O)OCC)CCN(CCNC23CCCC2C2CCC4C(C)(CCC5C(C)(C)C(C6=CCC(CF)CC6)=CCC54C)C2CC3)CC1.O=CO. The summed E-state index contributed by atoms with van der Waals surface area (Å²) < 4.78 is 24.2. The number of fused-ring (bicyclic) bond motifs is 7. The summed E-state index contributed by atoms with van der Waals surface area (Å²) in [5.74, 6) is 3.32. The Hall–Kier alpha value is -2.52. The lowest BCUT2D eigenvalue weighted by atomic mass is 9.37. The third kappa shape index (κ3) is 8.65. The third-order valence-corrected chi connectivity index (χ3v) is 17.1. The topological polar surface area (TPSA) is 105 Å². The number of hydrogen-bond donors (Lipinski definition) is 2. The summed E-state index contributed by atoms with van der Waals surface area (Å²) in [6.45, 7) is 22.8. The first kappa shape index (κ1) is 46.5. The number of allylic oxidation sites excluding steroid dienone is 5. The van der Waals surface area contributed by atoms with Crippen LogP contribution in [0, 0.1) is 57.2 Å². The molecule has 2 N–H and O–H groups in total. The minimum Gasteiger partial charge on any atom is -0.483 e. The highest BCUT2D eigenvalue weighted by atomic mass is 19.1. The predicted molar refractivity (Wildman–Crippen MR) is 230 cm³/mol. The average Bonchev–Trinajstić information content (AvgIpc) is 3.63. The van der Waals surface area contributed by atoms with E-state index in [4.69, 9.17) is 19.4 Å². The number of hydrogen-bond acceptors (Lipinski definition) is 7. The molecule has 7 rings (SSSR count). The standard InChI is InChI=1S/C45H71FN2O4.C3H6.CH2O2/c1-7-51-39(49)44(40(50)52-8-2)24-27-48(28-25-44)29-26-47-45-20-9-10-36(45)33-15-16-38-42(5,35(33)18-23-45)22-19-37-41(3,4)34(17-21-43(37,38)6)32-13-11-31(30-46)12-14-32;1-3-2;2-1-3/h13,17,31,33,35-38,47H,7-12,14-16,18-30H2,1-6H3;3H,1H2,2H3;1H,(H,2,3). The van der Waals surface area contributed by atoms with E-state index < -0.39 is 17.4 Å². The highest BCUT2D eigenvalue weighted by Gasteiger charge is 2.65. The number of rotatable bonds is 10. The fourth-order valence-electron chi connectivity index (χ4n) is 14.6. The van der Waals surface area contributed by atoms with Crippen LogP contribution in [0.4, 0.5) is 4.39 Å². The molecule has 1 saturated heterocycles. The molecular formula is C49H79FN2O6. The van der Waals surface area contributed by atoms with Crippen LogP contribution in [-0.2, 0) is 23.9 Å². The Morgan fingerprint density at radius 3 is 2.14 bits per heavy atom. The number of carbonyl (C=O) groups excluding carboxylic acids is 2.